The van der Waals surface area contributed by atoms with Crippen LogP contribution >= 0.6 is 0 Å². The fourth-order valence-corrected chi connectivity index (χ4v) is 3.90. The van der Waals surface area contributed by atoms with E-state index in [0.717, 1.165) is 36.5 Å². The number of carbonyl (C=O) groups is 2. The SMILES string of the molecule is COc1ccc(N2CCCN(C(=O)C(NC(=O)CC(C)C)c3ccccc3)CC2)cc1. The van der Waals surface area contributed by atoms with Crippen LogP contribution in [0.4, 0.5) is 5.69 Å². The third-order valence-corrected chi connectivity index (χ3v) is 5.52. The summed E-state index contributed by atoms with van der Waals surface area (Å²) in [6.07, 6.45) is 1.28. The highest BCUT2D eigenvalue weighted by atomic mass is 16.5. The summed E-state index contributed by atoms with van der Waals surface area (Å²) in [5, 5.41) is 2.98. The average Bonchev–Trinajstić information content (AvgIpc) is 3.03. The van der Waals surface area contributed by atoms with E-state index >= 15 is 0 Å². The number of benzene rings is 2. The Balaban J connectivity index is 1.71. The number of nitrogens with one attached hydrogen (secondary N) is 1. The number of hydrogen-bond acceptors (Lipinski definition) is 4. The molecule has 2 amide bonds. The number of rotatable bonds is 7. The average molecular weight is 424 g/mol. The molecule has 1 unspecified atom stereocenters. The molecule has 0 bridgehead atoms. The van der Waals surface area contributed by atoms with Gasteiger partial charge in [0.05, 0.1) is 7.11 Å². The van der Waals surface area contributed by atoms with Crippen LogP contribution in [0, 0.1) is 5.92 Å². The summed E-state index contributed by atoms with van der Waals surface area (Å²) in [4.78, 5) is 30.1. The first kappa shape index (κ1) is 22.7. The second-order valence-corrected chi connectivity index (χ2v) is 8.37. The molecule has 1 aliphatic heterocycles. The Bertz CT molecular complexity index is 852. The summed E-state index contributed by atoms with van der Waals surface area (Å²) in [7, 11) is 1.66. The molecule has 6 nitrogen and oxygen atoms in total. The van der Waals surface area contributed by atoms with Crippen LogP contribution < -0.4 is 15.0 Å². The summed E-state index contributed by atoms with van der Waals surface area (Å²) < 4.78 is 5.25. The van der Waals surface area contributed by atoms with Gasteiger partial charge in [-0.1, -0.05) is 44.2 Å². The Morgan fingerprint density at radius 2 is 1.68 bits per heavy atom. The normalized spacial score (nSPS) is 15.4. The van der Waals surface area contributed by atoms with Gasteiger partial charge in [-0.2, -0.15) is 0 Å². The smallest absolute Gasteiger partial charge is 0.249 e. The van der Waals surface area contributed by atoms with Crippen LogP contribution in [0.25, 0.3) is 0 Å². The molecular formula is C25H33N3O3. The molecule has 2 aromatic carbocycles. The van der Waals surface area contributed by atoms with E-state index < -0.39 is 6.04 Å². The van der Waals surface area contributed by atoms with Crippen molar-refractivity contribution in [2.24, 2.45) is 5.92 Å². The Morgan fingerprint density at radius 1 is 0.968 bits per heavy atom. The number of ether oxygens (including phenoxy) is 1. The fourth-order valence-electron chi connectivity index (χ4n) is 3.90. The molecule has 0 saturated carbocycles. The fraction of sp³-hybridized carbons (Fsp3) is 0.440. The number of hydrogen-bond donors (Lipinski definition) is 1. The van der Waals surface area contributed by atoms with E-state index in [9.17, 15) is 9.59 Å². The molecule has 3 rings (SSSR count). The van der Waals surface area contributed by atoms with E-state index in [4.69, 9.17) is 4.74 Å². The lowest BCUT2D eigenvalue weighted by atomic mass is 10.0. The molecule has 0 spiro atoms. The lowest BCUT2D eigenvalue weighted by molar-refractivity contribution is -0.136. The summed E-state index contributed by atoms with van der Waals surface area (Å²) in [5.74, 6) is 0.938. The van der Waals surface area contributed by atoms with Gasteiger partial charge in [-0.25, -0.2) is 0 Å². The first-order valence-electron chi connectivity index (χ1n) is 11.0. The molecular weight excluding hydrogens is 390 g/mol. The minimum absolute atomic E-state index is 0.0418. The van der Waals surface area contributed by atoms with Gasteiger partial charge in [-0.15, -0.1) is 0 Å². The predicted molar refractivity (Wildman–Crippen MR) is 123 cm³/mol. The minimum atomic E-state index is -0.653. The van der Waals surface area contributed by atoms with Gasteiger partial charge in [0.2, 0.25) is 11.8 Å². The maximum absolute atomic E-state index is 13.5. The molecule has 6 heteroatoms. The second kappa shape index (κ2) is 10.8. The van der Waals surface area contributed by atoms with Crippen molar-refractivity contribution in [2.75, 3.05) is 38.2 Å². The monoisotopic (exact) mass is 423 g/mol. The van der Waals surface area contributed by atoms with E-state index in [1.54, 1.807) is 7.11 Å². The van der Waals surface area contributed by atoms with Gasteiger partial charge in [0.25, 0.3) is 0 Å². The van der Waals surface area contributed by atoms with Gasteiger partial charge >= 0.3 is 0 Å². The maximum atomic E-state index is 13.5. The topological polar surface area (TPSA) is 61.9 Å². The molecule has 31 heavy (non-hydrogen) atoms. The zero-order chi connectivity index (χ0) is 22.2. The lowest BCUT2D eigenvalue weighted by Gasteiger charge is -2.28. The highest BCUT2D eigenvalue weighted by Gasteiger charge is 2.29. The Morgan fingerprint density at radius 3 is 2.32 bits per heavy atom. The molecule has 1 aliphatic rings. The number of carbonyl (C=O) groups excluding carboxylic acids is 2. The van der Waals surface area contributed by atoms with Crippen LogP contribution in [0.1, 0.15) is 38.3 Å². The van der Waals surface area contributed by atoms with Crippen LogP contribution in [0.15, 0.2) is 54.6 Å². The highest BCUT2D eigenvalue weighted by Crippen LogP contribution is 2.22. The van der Waals surface area contributed by atoms with Gasteiger partial charge in [0.1, 0.15) is 11.8 Å². The van der Waals surface area contributed by atoms with Crippen molar-refractivity contribution in [1.82, 2.24) is 10.2 Å². The number of anilines is 1. The highest BCUT2D eigenvalue weighted by molar-refractivity contribution is 5.88. The van der Waals surface area contributed by atoms with Crippen molar-refractivity contribution in [3.05, 3.63) is 60.2 Å². The van der Waals surface area contributed by atoms with Crippen LogP contribution in [-0.2, 0) is 9.59 Å². The van der Waals surface area contributed by atoms with Crippen molar-refractivity contribution in [1.29, 1.82) is 0 Å². The summed E-state index contributed by atoms with van der Waals surface area (Å²) in [6, 6.07) is 16.9. The molecule has 1 heterocycles. The molecule has 1 saturated heterocycles. The van der Waals surface area contributed by atoms with Gasteiger partial charge in [-0.05, 0) is 42.2 Å². The summed E-state index contributed by atoms with van der Waals surface area (Å²) in [5.41, 5.74) is 1.95. The van der Waals surface area contributed by atoms with E-state index in [1.807, 2.05) is 61.2 Å². The number of methoxy groups -OCH3 is 1. The van der Waals surface area contributed by atoms with Gasteiger partial charge in [0, 0.05) is 38.3 Å². The molecule has 1 N–H and O–H groups in total. The molecule has 166 valence electrons. The van der Waals surface area contributed by atoms with E-state index in [2.05, 4.69) is 22.3 Å². The Kier molecular flexibility index (Phi) is 7.93. The molecule has 0 aliphatic carbocycles. The lowest BCUT2D eigenvalue weighted by Crippen LogP contribution is -2.44. The van der Waals surface area contributed by atoms with Gasteiger partial charge < -0.3 is 19.9 Å². The third kappa shape index (κ3) is 6.23. The molecule has 1 atom stereocenters. The van der Waals surface area contributed by atoms with E-state index in [0.29, 0.717) is 19.5 Å². The van der Waals surface area contributed by atoms with Crippen molar-refractivity contribution < 1.29 is 14.3 Å². The first-order valence-corrected chi connectivity index (χ1v) is 11.0. The first-order chi connectivity index (χ1) is 15.0. The summed E-state index contributed by atoms with van der Waals surface area (Å²) >= 11 is 0. The number of amides is 2. The Hall–Kier alpha value is -3.02. The zero-order valence-corrected chi connectivity index (χ0v) is 18.7. The van der Waals surface area contributed by atoms with Crippen molar-refractivity contribution >= 4 is 17.5 Å². The van der Waals surface area contributed by atoms with E-state index in [-0.39, 0.29) is 17.7 Å². The standard InChI is InChI=1S/C25H33N3O3/c1-19(2)18-23(29)26-24(20-8-5-4-6-9-20)25(30)28-15-7-14-27(16-17-28)21-10-12-22(31-3)13-11-21/h4-6,8-13,19,24H,7,14-18H2,1-3H3,(H,26,29). The zero-order valence-electron chi connectivity index (χ0n) is 18.7. The van der Waals surface area contributed by atoms with Crippen LogP contribution in [0.2, 0.25) is 0 Å². The Labute approximate surface area is 185 Å². The quantitative estimate of drug-likeness (QED) is 0.739. The van der Waals surface area contributed by atoms with Crippen molar-refractivity contribution in [3.63, 3.8) is 0 Å². The van der Waals surface area contributed by atoms with Gasteiger partial charge in [-0.3, -0.25) is 9.59 Å². The third-order valence-electron chi connectivity index (χ3n) is 5.52. The summed E-state index contributed by atoms with van der Waals surface area (Å²) in [6.45, 7) is 6.93. The second-order valence-electron chi connectivity index (χ2n) is 8.37. The van der Waals surface area contributed by atoms with Crippen LogP contribution in [0.3, 0.4) is 0 Å². The largest absolute Gasteiger partial charge is 0.497 e. The van der Waals surface area contributed by atoms with Crippen molar-refractivity contribution in [2.45, 2.75) is 32.7 Å². The van der Waals surface area contributed by atoms with Crippen LogP contribution in [-0.4, -0.2) is 50.0 Å². The minimum Gasteiger partial charge on any atom is -0.497 e. The van der Waals surface area contributed by atoms with Gasteiger partial charge in [0.15, 0.2) is 0 Å². The predicted octanol–water partition coefficient (Wildman–Crippen LogP) is 3.64. The maximum Gasteiger partial charge on any atom is 0.249 e. The van der Waals surface area contributed by atoms with Crippen molar-refractivity contribution in [3.8, 4) is 5.75 Å². The van der Waals surface area contributed by atoms with Crippen LogP contribution in [0.5, 0.6) is 5.75 Å². The molecule has 2 aromatic rings. The molecule has 0 radical (unpaired) electrons. The molecule has 0 aromatic heterocycles. The van der Waals surface area contributed by atoms with E-state index in [1.165, 1.54) is 0 Å². The molecule has 1 fully saturated rings. The number of nitrogens with zero attached hydrogens (tertiary/aromatic N) is 2.